The lowest BCUT2D eigenvalue weighted by molar-refractivity contribution is 0.0953. The topological polar surface area (TPSA) is 29.1 Å². The van der Waals surface area contributed by atoms with E-state index in [2.05, 4.69) is 28.2 Å². The van der Waals surface area contributed by atoms with Crippen LogP contribution in [0, 0.1) is 5.92 Å². The van der Waals surface area contributed by atoms with Crippen molar-refractivity contribution in [3.63, 3.8) is 0 Å². The quantitative estimate of drug-likeness (QED) is 0.850. The van der Waals surface area contributed by atoms with Crippen LogP contribution in [0.1, 0.15) is 16.6 Å². The highest BCUT2D eigenvalue weighted by Gasteiger charge is 2.11. The Morgan fingerprint density at radius 2 is 2.50 bits per heavy atom. The molecule has 0 aliphatic carbocycles. The van der Waals surface area contributed by atoms with Crippen LogP contribution in [0.2, 0.25) is 5.02 Å². The van der Waals surface area contributed by atoms with Crippen LogP contribution >= 0.6 is 38.9 Å². The van der Waals surface area contributed by atoms with Crippen molar-refractivity contribution >= 4 is 44.8 Å². The Morgan fingerprint density at radius 3 is 3.00 bits per heavy atom. The lowest BCUT2D eigenvalue weighted by atomic mass is 10.2. The minimum absolute atomic E-state index is 0.0854. The minimum Gasteiger partial charge on any atom is -0.351 e. The molecule has 0 spiro atoms. The van der Waals surface area contributed by atoms with Gasteiger partial charge in [-0.25, -0.2) is 0 Å². The molecule has 0 saturated heterocycles. The SMILES string of the molecule is CC(CBr)CNC(=O)c1sccc1Cl. The van der Waals surface area contributed by atoms with E-state index in [4.69, 9.17) is 11.6 Å². The number of hydrogen-bond acceptors (Lipinski definition) is 2. The zero-order valence-electron chi connectivity index (χ0n) is 7.72. The van der Waals surface area contributed by atoms with Gasteiger partial charge >= 0.3 is 0 Å². The third-order valence-electron chi connectivity index (χ3n) is 1.70. The van der Waals surface area contributed by atoms with Crippen molar-refractivity contribution in [3.8, 4) is 0 Å². The first kappa shape index (κ1) is 12.0. The van der Waals surface area contributed by atoms with Gasteiger partial charge in [-0.1, -0.05) is 34.5 Å². The van der Waals surface area contributed by atoms with Gasteiger partial charge in [-0.15, -0.1) is 11.3 Å². The van der Waals surface area contributed by atoms with Gasteiger partial charge < -0.3 is 5.32 Å². The molecule has 0 aromatic carbocycles. The number of halogens is 2. The molecule has 1 aromatic heterocycles. The van der Waals surface area contributed by atoms with E-state index in [0.29, 0.717) is 22.4 Å². The van der Waals surface area contributed by atoms with E-state index in [1.165, 1.54) is 11.3 Å². The first-order valence-electron chi connectivity index (χ1n) is 4.22. The van der Waals surface area contributed by atoms with Crippen molar-refractivity contribution in [2.45, 2.75) is 6.92 Å². The van der Waals surface area contributed by atoms with Gasteiger partial charge in [0.1, 0.15) is 4.88 Å². The first-order valence-corrected chi connectivity index (χ1v) is 6.60. The number of nitrogens with one attached hydrogen (secondary N) is 1. The van der Waals surface area contributed by atoms with Crippen LogP contribution < -0.4 is 5.32 Å². The fourth-order valence-electron chi connectivity index (χ4n) is 0.858. The summed E-state index contributed by atoms with van der Waals surface area (Å²) in [4.78, 5) is 12.1. The molecule has 0 aliphatic rings. The maximum atomic E-state index is 11.5. The van der Waals surface area contributed by atoms with Crippen LogP contribution in [-0.2, 0) is 0 Å². The van der Waals surface area contributed by atoms with Gasteiger partial charge in [0.25, 0.3) is 5.91 Å². The number of carbonyl (C=O) groups excluding carboxylic acids is 1. The van der Waals surface area contributed by atoms with Gasteiger partial charge in [0, 0.05) is 11.9 Å². The van der Waals surface area contributed by atoms with Crippen molar-refractivity contribution in [1.82, 2.24) is 5.32 Å². The van der Waals surface area contributed by atoms with Crippen LogP contribution in [0.15, 0.2) is 11.4 Å². The van der Waals surface area contributed by atoms with Crippen molar-refractivity contribution in [2.24, 2.45) is 5.92 Å². The largest absolute Gasteiger partial charge is 0.351 e. The predicted octanol–water partition coefficient (Wildman–Crippen LogP) is 3.16. The molecule has 1 heterocycles. The van der Waals surface area contributed by atoms with Gasteiger partial charge in [0.2, 0.25) is 0 Å². The molecule has 1 N–H and O–H groups in total. The van der Waals surface area contributed by atoms with E-state index in [1.807, 2.05) is 5.38 Å². The molecule has 1 atom stereocenters. The van der Waals surface area contributed by atoms with E-state index in [1.54, 1.807) is 6.07 Å². The maximum Gasteiger partial charge on any atom is 0.262 e. The summed E-state index contributed by atoms with van der Waals surface area (Å²) in [5.41, 5.74) is 0. The average molecular weight is 297 g/mol. The number of carbonyl (C=O) groups is 1. The van der Waals surface area contributed by atoms with Crippen molar-refractivity contribution in [1.29, 1.82) is 0 Å². The summed E-state index contributed by atoms with van der Waals surface area (Å²) in [6, 6.07) is 1.73. The highest BCUT2D eigenvalue weighted by atomic mass is 79.9. The van der Waals surface area contributed by atoms with Crippen LogP contribution in [-0.4, -0.2) is 17.8 Å². The maximum absolute atomic E-state index is 11.5. The molecule has 1 unspecified atom stereocenters. The predicted molar refractivity (Wildman–Crippen MR) is 64.6 cm³/mol. The molecule has 0 saturated carbocycles. The van der Waals surface area contributed by atoms with Gasteiger partial charge in [-0.05, 0) is 17.4 Å². The normalized spacial score (nSPS) is 12.5. The molecule has 0 radical (unpaired) electrons. The van der Waals surface area contributed by atoms with Gasteiger partial charge in [0.15, 0.2) is 0 Å². The van der Waals surface area contributed by atoms with E-state index in [-0.39, 0.29) is 5.91 Å². The van der Waals surface area contributed by atoms with Crippen LogP contribution in [0.25, 0.3) is 0 Å². The molecule has 0 aliphatic heterocycles. The molecule has 78 valence electrons. The number of thiophene rings is 1. The molecule has 1 aromatic rings. The van der Waals surface area contributed by atoms with E-state index >= 15 is 0 Å². The monoisotopic (exact) mass is 295 g/mol. The fourth-order valence-corrected chi connectivity index (χ4v) is 2.14. The molecule has 2 nitrogen and oxygen atoms in total. The Kier molecular flexibility index (Phi) is 4.92. The van der Waals surface area contributed by atoms with Crippen molar-refractivity contribution < 1.29 is 4.79 Å². The van der Waals surface area contributed by atoms with Crippen LogP contribution in [0.3, 0.4) is 0 Å². The zero-order chi connectivity index (χ0) is 10.6. The summed E-state index contributed by atoms with van der Waals surface area (Å²) < 4.78 is 0. The molecule has 14 heavy (non-hydrogen) atoms. The molecule has 5 heteroatoms. The Labute approximate surface area is 101 Å². The van der Waals surface area contributed by atoms with E-state index in [9.17, 15) is 4.79 Å². The summed E-state index contributed by atoms with van der Waals surface area (Å²) >= 11 is 10.5. The number of hydrogen-bond donors (Lipinski definition) is 1. The molecule has 0 bridgehead atoms. The molecule has 1 amide bonds. The lowest BCUT2D eigenvalue weighted by Crippen LogP contribution is -2.28. The van der Waals surface area contributed by atoms with Gasteiger partial charge in [0.05, 0.1) is 5.02 Å². The second-order valence-corrected chi connectivity index (χ2v) is 5.04. The lowest BCUT2D eigenvalue weighted by Gasteiger charge is -2.08. The third kappa shape index (κ3) is 3.26. The zero-order valence-corrected chi connectivity index (χ0v) is 10.9. The van der Waals surface area contributed by atoms with Crippen LogP contribution in [0.5, 0.6) is 0 Å². The third-order valence-corrected chi connectivity index (χ3v) is 4.14. The van der Waals surface area contributed by atoms with Crippen molar-refractivity contribution in [2.75, 3.05) is 11.9 Å². The minimum atomic E-state index is -0.0854. The Morgan fingerprint density at radius 1 is 1.79 bits per heavy atom. The molecular weight excluding hydrogens is 286 g/mol. The summed E-state index contributed by atoms with van der Waals surface area (Å²) in [6.45, 7) is 2.73. The standard InChI is InChI=1S/C9H11BrClNOS/c1-6(4-10)5-12-9(13)8-7(11)2-3-14-8/h2-3,6H,4-5H2,1H3,(H,12,13). The molecular formula is C9H11BrClNOS. The first-order chi connectivity index (χ1) is 6.65. The van der Waals surface area contributed by atoms with Gasteiger partial charge in [-0.2, -0.15) is 0 Å². The Hall–Kier alpha value is -0.0600. The summed E-state index contributed by atoms with van der Waals surface area (Å²) in [7, 11) is 0. The highest BCUT2D eigenvalue weighted by Crippen LogP contribution is 2.21. The van der Waals surface area contributed by atoms with Crippen molar-refractivity contribution in [3.05, 3.63) is 21.3 Å². The smallest absolute Gasteiger partial charge is 0.262 e. The Bertz CT molecular complexity index is 316. The number of rotatable bonds is 4. The van der Waals surface area contributed by atoms with Gasteiger partial charge in [-0.3, -0.25) is 4.79 Å². The number of amides is 1. The summed E-state index contributed by atoms with van der Waals surface area (Å²) in [6.07, 6.45) is 0. The average Bonchev–Trinajstić information content (AvgIpc) is 2.60. The second kappa shape index (κ2) is 5.73. The molecule has 0 fully saturated rings. The highest BCUT2D eigenvalue weighted by molar-refractivity contribution is 9.09. The fraction of sp³-hybridized carbons (Fsp3) is 0.444. The van der Waals surface area contributed by atoms with E-state index in [0.717, 1.165) is 5.33 Å². The second-order valence-electron chi connectivity index (χ2n) is 3.07. The summed E-state index contributed by atoms with van der Waals surface area (Å²) in [5, 5.41) is 6.05. The summed E-state index contributed by atoms with van der Waals surface area (Å²) in [5.74, 6) is 0.343. The number of alkyl halides is 1. The molecule has 1 rings (SSSR count). The Balaban J connectivity index is 2.47. The van der Waals surface area contributed by atoms with E-state index < -0.39 is 0 Å². The van der Waals surface area contributed by atoms with Crippen LogP contribution in [0.4, 0.5) is 0 Å².